The Morgan fingerprint density at radius 2 is 1.86 bits per heavy atom. The van der Waals surface area contributed by atoms with E-state index in [-0.39, 0.29) is 23.7 Å². The Morgan fingerprint density at radius 3 is 2.39 bits per heavy atom. The van der Waals surface area contributed by atoms with E-state index in [0.717, 1.165) is 6.08 Å². The highest BCUT2D eigenvalue weighted by atomic mass is 32.2. The Morgan fingerprint density at radius 1 is 1.25 bits per heavy atom. The molecule has 0 bridgehead atoms. The molecule has 7 nitrogen and oxygen atoms in total. The molecule has 1 N–H and O–H groups in total. The first-order valence-electron chi connectivity index (χ1n) is 8.59. The van der Waals surface area contributed by atoms with Crippen molar-refractivity contribution in [2.24, 2.45) is 0 Å². The van der Waals surface area contributed by atoms with Gasteiger partial charge in [0, 0.05) is 13.5 Å². The van der Waals surface area contributed by atoms with Gasteiger partial charge in [-0.1, -0.05) is 0 Å². The summed E-state index contributed by atoms with van der Waals surface area (Å²) in [6.45, 7) is 4.55. The molecule has 3 atom stereocenters. The third-order valence-corrected chi connectivity index (χ3v) is 5.08. The second kappa shape index (κ2) is 11.0. The van der Waals surface area contributed by atoms with Gasteiger partial charge in [0.2, 0.25) is 0 Å². The molecule has 0 aliphatic heterocycles. The van der Waals surface area contributed by atoms with Crippen LogP contribution >= 0.6 is 0 Å². The van der Waals surface area contributed by atoms with Gasteiger partial charge in [0.25, 0.3) is 10.0 Å². The average molecular weight is 421 g/mol. The fraction of sp³-hybridized carbons (Fsp3) is 0.500. The zero-order chi connectivity index (χ0) is 21.3. The highest BCUT2D eigenvalue weighted by molar-refractivity contribution is 7.90. The molecule has 0 radical (unpaired) electrons. The summed E-state index contributed by atoms with van der Waals surface area (Å²) in [6.07, 6.45) is -3.15. The first kappa shape index (κ1) is 23.8. The third-order valence-electron chi connectivity index (χ3n) is 3.75. The molecule has 10 heteroatoms. The van der Waals surface area contributed by atoms with Crippen molar-refractivity contribution < 1.29 is 36.2 Å². The van der Waals surface area contributed by atoms with Crippen LogP contribution in [0.1, 0.15) is 27.2 Å². The maximum Gasteiger partial charge on any atom is 0.421 e. The lowest BCUT2D eigenvalue weighted by Crippen LogP contribution is -2.31. The quantitative estimate of drug-likeness (QED) is 0.622. The minimum atomic E-state index is -4.09. The standard InChI is InChI=1S/C18H25F2NO6S/c1-5-26-18(22)21-28(23,24)15-8-6-14(7-9-15)27-13(3)17(20)11-10-16(19)12(2)25-4/h6-9,11-13,16H,5,10H2,1-4H3,(H,21,22)/b17-11+/t12?,13?,16-/m1/s1. The summed E-state index contributed by atoms with van der Waals surface area (Å²) < 4.78 is 68.3. The molecule has 1 aromatic rings. The lowest BCUT2D eigenvalue weighted by molar-refractivity contribution is 0.0470. The second-order valence-electron chi connectivity index (χ2n) is 5.84. The molecule has 1 rings (SSSR count). The molecule has 28 heavy (non-hydrogen) atoms. The van der Waals surface area contributed by atoms with Crippen LogP contribution in [-0.2, 0) is 19.5 Å². The molecule has 0 saturated carbocycles. The van der Waals surface area contributed by atoms with E-state index in [1.807, 2.05) is 0 Å². The third kappa shape index (κ3) is 7.43. The summed E-state index contributed by atoms with van der Waals surface area (Å²) in [4.78, 5) is 11.1. The number of hydrogen-bond acceptors (Lipinski definition) is 6. The van der Waals surface area contributed by atoms with Crippen LogP contribution in [0.5, 0.6) is 5.75 Å². The van der Waals surface area contributed by atoms with Crippen molar-refractivity contribution >= 4 is 16.1 Å². The molecule has 0 heterocycles. The van der Waals surface area contributed by atoms with E-state index in [2.05, 4.69) is 4.74 Å². The topological polar surface area (TPSA) is 90.9 Å². The number of carbonyl (C=O) groups excluding carboxylic acids is 1. The van der Waals surface area contributed by atoms with Gasteiger partial charge in [-0.15, -0.1) is 0 Å². The molecule has 0 saturated heterocycles. The number of ether oxygens (including phenoxy) is 3. The fourth-order valence-corrected chi connectivity index (χ4v) is 2.91. The number of allylic oxidation sites excluding steroid dienone is 1. The summed E-state index contributed by atoms with van der Waals surface area (Å²) in [5.74, 6) is -0.458. The number of sulfonamides is 1. The van der Waals surface area contributed by atoms with Gasteiger partial charge < -0.3 is 14.2 Å². The summed E-state index contributed by atoms with van der Waals surface area (Å²) >= 11 is 0. The van der Waals surface area contributed by atoms with Gasteiger partial charge in [-0.05, 0) is 51.1 Å². The van der Waals surface area contributed by atoms with Gasteiger partial charge in [-0.2, -0.15) is 0 Å². The lowest BCUT2D eigenvalue weighted by atomic mass is 10.1. The number of nitrogens with one attached hydrogen (secondary N) is 1. The zero-order valence-corrected chi connectivity index (χ0v) is 17.0. The Hall–Kier alpha value is -2.20. The normalized spacial score (nSPS) is 15.4. The van der Waals surface area contributed by atoms with Crippen LogP contribution in [-0.4, -0.2) is 46.6 Å². The number of carbonyl (C=O) groups is 1. The van der Waals surface area contributed by atoms with Crippen molar-refractivity contribution in [3.63, 3.8) is 0 Å². The maximum absolute atomic E-state index is 14.1. The smallest absolute Gasteiger partial charge is 0.421 e. The second-order valence-corrected chi connectivity index (χ2v) is 7.52. The number of hydrogen-bond donors (Lipinski definition) is 1. The van der Waals surface area contributed by atoms with Crippen molar-refractivity contribution in [2.45, 2.75) is 50.5 Å². The van der Waals surface area contributed by atoms with Crippen LogP contribution in [0.3, 0.4) is 0 Å². The first-order valence-corrected chi connectivity index (χ1v) is 10.1. The molecule has 0 fully saturated rings. The number of alkyl halides is 1. The number of amides is 1. The predicted octanol–water partition coefficient (Wildman–Crippen LogP) is 3.51. The maximum atomic E-state index is 14.1. The number of halogens is 2. The van der Waals surface area contributed by atoms with Gasteiger partial charge in [-0.3, -0.25) is 0 Å². The van der Waals surface area contributed by atoms with Crippen molar-refractivity contribution in [1.29, 1.82) is 0 Å². The van der Waals surface area contributed by atoms with E-state index < -0.39 is 40.3 Å². The molecular weight excluding hydrogens is 396 g/mol. The van der Waals surface area contributed by atoms with Gasteiger partial charge in [0.1, 0.15) is 23.9 Å². The van der Waals surface area contributed by atoms with Crippen LogP contribution in [0, 0.1) is 0 Å². The van der Waals surface area contributed by atoms with E-state index in [0.29, 0.717) is 0 Å². The number of rotatable bonds is 10. The fourth-order valence-electron chi connectivity index (χ4n) is 2.02. The lowest BCUT2D eigenvalue weighted by Gasteiger charge is -2.15. The highest BCUT2D eigenvalue weighted by Gasteiger charge is 2.19. The molecular formula is C18H25F2NO6S. The van der Waals surface area contributed by atoms with Gasteiger partial charge in [0.05, 0.1) is 17.6 Å². The van der Waals surface area contributed by atoms with Crippen LogP contribution in [0.15, 0.2) is 41.1 Å². The SMILES string of the molecule is CCOC(=O)NS(=O)(=O)c1ccc(OC(C)/C(F)=C\C[C@@H](F)C(C)OC)cc1. The monoisotopic (exact) mass is 421 g/mol. The van der Waals surface area contributed by atoms with Crippen LogP contribution in [0.2, 0.25) is 0 Å². The first-order chi connectivity index (χ1) is 13.1. The average Bonchev–Trinajstić information content (AvgIpc) is 2.65. The van der Waals surface area contributed by atoms with Gasteiger partial charge in [0.15, 0.2) is 0 Å². The number of benzene rings is 1. The Labute approximate surface area is 163 Å². The largest absolute Gasteiger partial charge is 0.484 e. The minimum Gasteiger partial charge on any atom is -0.484 e. The predicted molar refractivity (Wildman–Crippen MR) is 99.1 cm³/mol. The van der Waals surface area contributed by atoms with Gasteiger partial charge >= 0.3 is 6.09 Å². The molecule has 2 unspecified atom stereocenters. The molecule has 0 aromatic heterocycles. The van der Waals surface area contributed by atoms with Crippen LogP contribution < -0.4 is 9.46 Å². The Kier molecular flexibility index (Phi) is 9.33. The summed E-state index contributed by atoms with van der Waals surface area (Å²) in [6, 6.07) is 5.02. The molecule has 0 aliphatic carbocycles. The molecule has 1 aromatic carbocycles. The van der Waals surface area contributed by atoms with Gasteiger partial charge in [-0.25, -0.2) is 26.7 Å². The Balaban J connectivity index is 2.72. The molecule has 0 spiro atoms. The van der Waals surface area contributed by atoms with Crippen LogP contribution in [0.4, 0.5) is 13.6 Å². The van der Waals surface area contributed by atoms with Crippen molar-refractivity contribution in [3.8, 4) is 5.75 Å². The van der Waals surface area contributed by atoms with E-state index in [4.69, 9.17) is 9.47 Å². The van der Waals surface area contributed by atoms with E-state index in [9.17, 15) is 22.0 Å². The van der Waals surface area contributed by atoms with Crippen LogP contribution in [0.25, 0.3) is 0 Å². The van der Waals surface area contributed by atoms with E-state index in [1.165, 1.54) is 38.3 Å². The summed E-state index contributed by atoms with van der Waals surface area (Å²) in [7, 11) is -2.72. The van der Waals surface area contributed by atoms with Crippen molar-refractivity contribution in [2.75, 3.05) is 13.7 Å². The molecule has 158 valence electrons. The number of methoxy groups -OCH3 is 1. The zero-order valence-electron chi connectivity index (χ0n) is 16.1. The van der Waals surface area contributed by atoms with E-state index >= 15 is 0 Å². The highest BCUT2D eigenvalue weighted by Crippen LogP contribution is 2.20. The Bertz CT molecular complexity index is 767. The summed E-state index contributed by atoms with van der Waals surface area (Å²) in [5, 5.41) is 0. The summed E-state index contributed by atoms with van der Waals surface area (Å²) in [5.41, 5.74) is 0. The molecule has 0 aliphatic rings. The van der Waals surface area contributed by atoms with Crippen molar-refractivity contribution in [3.05, 3.63) is 36.2 Å². The minimum absolute atomic E-state index is 0.0264. The van der Waals surface area contributed by atoms with Crippen molar-refractivity contribution in [1.82, 2.24) is 4.72 Å². The molecule has 1 amide bonds. The van der Waals surface area contributed by atoms with E-state index in [1.54, 1.807) is 18.6 Å².